The molecule has 0 bridgehead atoms. The van der Waals surface area contributed by atoms with E-state index in [1.165, 1.54) is 18.2 Å². The third-order valence-electron chi connectivity index (χ3n) is 3.24. The highest BCUT2D eigenvalue weighted by Gasteiger charge is 2.10. The summed E-state index contributed by atoms with van der Waals surface area (Å²) in [6.45, 7) is 2.17. The lowest BCUT2D eigenvalue weighted by atomic mass is 10.1. The fourth-order valence-corrected chi connectivity index (χ4v) is 2.20. The van der Waals surface area contributed by atoms with Gasteiger partial charge in [0.1, 0.15) is 5.82 Å². The Kier molecular flexibility index (Phi) is 4.94. The van der Waals surface area contributed by atoms with Crippen molar-refractivity contribution in [1.29, 1.82) is 0 Å². The van der Waals surface area contributed by atoms with Gasteiger partial charge in [-0.1, -0.05) is 23.7 Å². The molecule has 2 aromatic carbocycles. The topological polar surface area (TPSA) is 49.3 Å². The number of carboxylic acids is 1. The van der Waals surface area contributed by atoms with Crippen molar-refractivity contribution in [1.82, 2.24) is 5.32 Å². The lowest BCUT2D eigenvalue weighted by Gasteiger charge is -2.15. The van der Waals surface area contributed by atoms with Crippen LogP contribution in [0.2, 0.25) is 5.02 Å². The molecule has 1 atom stereocenters. The van der Waals surface area contributed by atoms with E-state index < -0.39 is 11.8 Å². The Bertz CT molecular complexity index is 660. The van der Waals surface area contributed by atoms with E-state index in [1.54, 1.807) is 6.07 Å². The van der Waals surface area contributed by atoms with Crippen LogP contribution < -0.4 is 5.32 Å². The van der Waals surface area contributed by atoms with E-state index in [1.807, 2.05) is 25.1 Å². The van der Waals surface area contributed by atoms with Crippen molar-refractivity contribution in [3.05, 3.63) is 70.0 Å². The van der Waals surface area contributed by atoms with Crippen LogP contribution in [-0.2, 0) is 6.54 Å². The summed E-state index contributed by atoms with van der Waals surface area (Å²) in [6.07, 6.45) is 0. The van der Waals surface area contributed by atoms with Crippen molar-refractivity contribution in [3.63, 3.8) is 0 Å². The number of halogens is 2. The quantitative estimate of drug-likeness (QED) is 0.877. The molecule has 0 aromatic heterocycles. The van der Waals surface area contributed by atoms with Crippen molar-refractivity contribution < 1.29 is 14.3 Å². The first-order valence-electron chi connectivity index (χ1n) is 6.48. The largest absolute Gasteiger partial charge is 0.478 e. The first-order chi connectivity index (χ1) is 9.97. The predicted molar refractivity (Wildman–Crippen MR) is 80.1 cm³/mol. The van der Waals surface area contributed by atoms with Crippen molar-refractivity contribution in [2.45, 2.75) is 19.5 Å². The molecular formula is C16H15ClFNO2. The molecule has 0 aliphatic heterocycles. The van der Waals surface area contributed by atoms with Gasteiger partial charge in [-0.05, 0) is 42.8 Å². The van der Waals surface area contributed by atoms with Gasteiger partial charge in [0.25, 0.3) is 0 Å². The van der Waals surface area contributed by atoms with Gasteiger partial charge in [0.05, 0.1) is 5.56 Å². The van der Waals surface area contributed by atoms with Crippen LogP contribution in [0.3, 0.4) is 0 Å². The van der Waals surface area contributed by atoms with E-state index >= 15 is 0 Å². The van der Waals surface area contributed by atoms with Gasteiger partial charge in [-0.2, -0.15) is 0 Å². The van der Waals surface area contributed by atoms with Gasteiger partial charge in [-0.25, -0.2) is 9.18 Å². The zero-order valence-corrected chi connectivity index (χ0v) is 12.2. The number of carboxylic acid groups (broad SMARTS) is 1. The SMILES string of the molecule is C[C@H](NCc1cc(C(=O)O)ccc1F)c1cccc(Cl)c1. The summed E-state index contributed by atoms with van der Waals surface area (Å²) >= 11 is 5.93. The van der Waals surface area contributed by atoms with Crippen LogP contribution in [0.4, 0.5) is 4.39 Å². The Morgan fingerprint density at radius 3 is 2.76 bits per heavy atom. The molecule has 2 rings (SSSR count). The highest BCUT2D eigenvalue weighted by Crippen LogP contribution is 2.18. The molecule has 0 aliphatic rings. The summed E-state index contributed by atoms with van der Waals surface area (Å²) < 4.78 is 13.7. The molecule has 21 heavy (non-hydrogen) atoms. The van der Waals surface area contributed by atoms with Gasteiger partial charge in [0.15, 0.2) is 0 Å². The van der Waals surface area contributed by atoms with Crippen LogP contribution in [0.25, 0.3) is 0 Å². The van der Waals surface area contributed by atoms with E-state index in [0.717, 1.165) is 5.56 Å². The van der Waals surface area contributed by atoms with Gasteiger partial charge in [-0.15, -0.1) is 0 Å². The molecule has 2 N–H and O–H groups in total. The molecule has 3 nitrogen and oxygen atoms in total. The monoisotopic (exact) mass is 307 g/mol. The van der Waals surface area contributed by atoms with Gasteiger partial charge < -0.3 is 10.4 Å². The minimum Gasteiger partial charge on any atom is -0.478 e. The van der Waals surface area contributed by atoms with Crippen molar-refractivity contribution in [2.24, 2.45) is 0 Å². The van der Waals surface area contributed by atoms with Crippen LogP contribution in [0.15, 0.2) is 42.5 Å². The Morgan fingerprint density at radius 2 is 2.10 bits per heavy atom. The minimum atomic E-state index is -1.07. The van der Waals surface area contributed by atoms with Gasteiger partial charge >= 0.3 is 5.97 Å². The van der Waals surface area contributed by atoms with E-state index in [2.05, 4.69) is 5.32 Å². The van der Waals surface area contributed by atoms with E-state index in [-0.39, 0.29) is 18.2 Å². The molecule has 0 heterocycles. The van der Waals surface area contributed by atoms with Crippen LogP contribution in [0, 0.1) is 5.82 Å². The molecular weight excluding hydrogens is 293 g/mol. The number of hydrogen-bond acceptors (Lipinski definition) is 2. The third kappa shape index (κ3) is 4.03. The molecule has 110 valence electrons. The Balaban J connectivity index is 2.09. The van der Waals surface area contributed by atoms with Crippen LogP contribution in [-0.4, -0.2) is 11.1 Å². The molecule has 0 amide bonds. The molecule has 0 fully saturated rings. The van der Waals surface area contributed by atoms with Crippen molar-refractivity contribution in [2.75, 3.05) is 0 Å². The maximum absolute atomic E-state index is 13.7. The summed E-state index contributed by atoms with van der Waals surface area (Å²) in [7, 11) is 0. The molecule has 0 saturated heterocycles. The Hall–Kier alpha value is -1.91. The predicted octanol–water partition coefficient (Wildman–Crippen LogP) is 4.03. The normalized spacial score (nSPS) is 12.1. The summed E-state index contributed by atoms with van der Waals surface area (Å²) in [5.74, 6) is -1.50. The number of carbonyl (C=O) groups is 1. The van der Waals surface area contributed by atoms with E-state index in [0.29, 0.717) is 10.6 Å². The fourth-order valence-electron chi connectivity index (χ4n) is 2.00. The average Bonchev–Trinajstić information content (AvgIpc) is 2.45. The summed E-state index contributed by atoms with van der Waals surface area (Å²) in [5, 5.41) is 12.7. The first kappa shape index (κ1) is 15.5. The smallest absolute Gasteiger partial charge is 0.335 e. The first-order valence-corrected chi connectivity index (χ1v) is 6.85. The number of benzene rings is 2. The molecule has 0 unspecified atom stereocenters. The number of rotatable bonds is 5. The number of nitrogens with one attached hydrogen (secondary N) is 1. The van der Waals surface area contributed by atoms with Gasteiger partial charge in [0, 0.05) is 23.2 Å². The zero-order chi connectivity index (χ0) is 15.4. The lowest BCUT2D eigenvalue weighted by Crippen LogP contribution is -2.19. The van der Waals surface area contributed by atoms with Gasteiger partial charge in [0.2, 0.25) is 0 Å². The number of hydrogen-bond donors (Lipinski definition) is 2. The van der Waals surface area contributed by atoms with E-state index in [9.17, 15) is 9.18 Å². The average molecular weight is 308 g/mol. The Labute approximate surface area is 127 Å². The standard InChI is InChI=1S/C16H15ClFNO2/c1-10(11-3-2-4-14(17)8-11)19-9-13-7-12(16(20)21)5-6-15(13)18/h2-8,10,19H,9H2,1H3,(H,20,21)/t10-/m0/s1. The maximum atomic E-state index is 13.7. The fraction of sp³-hybridized carbons (Fsp3) is 0.188. The summed E-state index contributed by atoms with van der Waals surface area (Å²) in [4.78, 5) is 10.9. The molecule has 0 aliphatic carbocycles. The van der Waals surface area contributed by atoms with Crippen molar-refractivity contribution in [3.8, 4) is 0 Å². The number of aromatic carboxylic acids is 1. The second-order valence-corrected chi connectivity index (χ2v) is 5.21. The zero-order valence-electron chi connectivity index (χ0n) is 11.4. The molecule has 5 heteroatoms. The molecule has 2 aromatic rings. The summed E-state index contributed by atoms with van der Waals surface area (Å²) in [5.41, 5.74) is 1.38. The van der Waals surface area contributed by atoms with Crippen LogP contribution in [0.5, 0.6) is 0 Å². The minimum absolute atomic E-state index is 0.0309. The highest BCUT2D eigenvalue weighted by molar-refractivity contribution is 6.30. The molecule has 0 spiro atoms. The van der Waals surface area contributed by atoms with Crippen LogP contribution >= 0.6 is 11.6 Å². The highest BCUT2D eigenvalue weighted by atomic mass is 35.5. The Morgan fingerprint density at radius 1 is 1.33 bits per heavy atom. The maximum Gasteiger partial charge on any atom is 0.335 e. The second kappa shape index (κ2) is 6.70. The lowest BCUT2D eigenvalue weighted by molar-refractivity contribution is 0.0696. The molecule has 0 saturated carbocycles. The van der Waals surface area contributed by atoms with Crippen molar-refractivity contribution >= 4 is 17.6 Å². The molecule has 0 radical (unpaired) electrons. The van der Waals surface area contributed by atoms with Gasteiger partial charge in [-0.3, -0.25) is 0 Å². The van der Waals surface area contributed by atoms with E-state index in [4.69, 9.17) is 16.7 Å². The second-order valence-electron chi connectivity index (χ2n) is 4.77. The summed E-state index contributed by atoms with van der Waals surface area (Å²) in [6, 6.07) is 11.1. The third-order valence-corrected chi connectivity index (χ3v) is 3.48. The van der Waals surface area contributed by atoms with Crippen LogP contribution in [0.1, 0.15) is 34.5 Å².